The summed E-state index contributed by atoms with van der Waals surface area (Å²) >= 11 is 0. The summed E-state index contributed by atoms with van der Waals surface area (Å²) in [4.78, 5) is 32.3. The van der Waals surface area contributed by atoms with Gasteiger partial charge in [0.25, 0.3) is 0 Å². The lowest BCUT2D eigenvalue weighted by Gasteiger charge is -2.31. The summed E-state index contributed by atoms with van der Waals surface area (Å²) in [5.74, 6) is 1.80. The first kappa shape index (κ1) is 36.1. The molecule has 46 heavy (non-hydrogen) atoms. The van der Waals surface area contributed by atoms with Gasteiger partial charge >= 0.3 is 0 Å². The number of hydrogen-bond acceptors (Lipinski definition) is 8. The van der Waals surface area contributed by atoms with Gasteiger partial charge in [0.15, 0.2) is 11.6 Å². The van der Waals surface area contributed by atoms with Crippen LogP contribution in [0, 0.1) is 11.8 Å². The summed E-state index contributed by atoms with van der Waals surface area (Å²) in [6.07, 6.45) is 7.60. The van der Waals surface area contributed by atoms with Crippen molar-refractivity contribution in [1.29, 1.82) is 0 Å². The molecular weight excluding hydrogens is 580 g/mol. The van der Waals surface area contributed by atoms with Gasteiger partial charge in [0, 0.05) is 62.2 Å². The van der Waals surface area contributed by atoms with Gasteiger partial charge < -0.3 is 18.9 Å². The number of ketones is 2. The van der Waals surface area contributed by atoms with Gasteiger partial charge in [-0.1, -0.05) is 39.5 Å². The van der Waals surface area contributed by atoms with Crippen LogP contribution in [0.25, 0.3) is 0 Å². The summed E-state index contributed by atoms with van der Waals surface area (Å²) in [6.45, 7) is 13.4. The van der Waals surface area contributed by atoms with Crippen molar-refractivity contribution < 1.29 is 28.5 Å². The number of rotatable bonds is 21. The molecule has 2 aliphatic heterocycles. The van der Waals surface area contributed by atoms with Crippen LogP contribution in [0.5, 0.6) is 11.5 Å². The number of Topliss-reactive ketones (excluding diaryl/α,β-unsaturated/α-hetero) is 2. The fraction of sp³-hybridized carbons (Fsp3) is 0.632. The van der Waals surface area contributed by atoms with Gasteiger partial charge in [-0.05, 0) is 74.2 Å². The Labute approximate surface area is 276 Å². The van der Waals surface area contributed by atoms with Gasteiger partial charge in [0.2, 0.25) is 0 Å². The van der Waals surface area contributed by atoms with Crippen LogP contribution in [-0.2, 0) is 9.47 Å². The summed E-state index contributed by atoms with van der Waals surface area (Å²) in [6, 6.07) is 15.3. The topological polar surface area (TPSA) is 77.5 Å². The van der Waals surface area contributed by atoms with E-state index < -0.39 is 0 Å². The third kappa shape index (κ3) is 12.1. The van der Waals surface area contributed by atoms with E-state index in [0.717, 1.165) is 113 Å². The van der Waals surface area contributed by atoms with Gasteiger partial charge in [0.1, 0.15) is 11.5 Å². The predicted molar refractivity (Wildman–Crippen MR) is 182 cm³/mol. The molecule has 4 rings (SSSR count). The van der Waals surface area contributed by atoms with Crippen molar-refractivity contribution in [2.24, 2.45) is 11.8 Å². The Bertz CT molecular complexity index is 1050. The Morgan fingerprint density at radius 1 is 0.609 bits per heavy atom. The van der Waals surface area contributed by atoms with Crippen LogP contribution < -0.4 is 9.47 Å². The second-order valence-corrected chi connectivity index (χ2v) is 12.7. The first-order chi connectivity index (χ1) is 22.6. The highest BCUT2D eigenvalue weighted by atomic mass is 16.5. The van der Waals surface area contributed by atoms with Crippen molar-refractivity contribution in [3.8, 4) is 11.5 Å². The Hall–Kier alpha value is -2.78. The van der Waals surface area contributed by atoms with E-state index in [9.17, 15) is 9.59 Å². The second kappa shape index (κ2) is 20.5. The van der Waals surface area contributed by atoms with E-state index in [0.29, 0.717) is 39.6 Å². The van der Waals surface area contributed by atoms with E-state index in [-0.39, 0.29) is 23.4 Å². The number of morpholine rings is 2. The summed E-state index contributed by atoms with van der Waals surface area (Å²) < 4.78 is 22.8. The lowest BCUT2D eigenvalue weighted by molar-refractivity contribution is 0.0283. The largest absolute Gasteiger partial charge is 0.494 e. The molecule has 2 saturated heterocycles. The highest BCUT2D eigenvalue weighted by Crippen LogP contribution is 2.24. The highest BCUT2D eigenvalue weighted by molar-refractivity contribution is 5.98. The third-order valence-electron chi connectivity index (χ3n) is 9.07. The van der Waals surface area contributed by atoms with Crippen molar-refractivity contribution in [1.82, 2.24) is 9.80 Å². The van der Waals surface area contributed by atoms with Gasteiger partial charge in [0.05, 0.1) is 39.6 Å². The molecule has 2 heterocycles. The third-order valence-corrected chi connectivity index (χ3v) is 9.07. The average Bonchev–Trinajstić information content (AvgIpc) is 3.10. The minimum Gasteiger partial charge on any atom is -0.494 e. The predicted octanol–water partition coefficient (Wildman–Crippen LogP) is 6.57. The van der Waals surface area contributed by atoms with Gasteiger partial charge in [-0.25, -0.2) is 0 Å². The van der Waals surface area contributed by atoms with Crippen LogP contribution in [0.2, 0.25) is 0 Å². The molecule has 0 radical (unpaired) electrons. The quantitative estimate of drug-likeness (QED) is 0.113. The average molecular weight is 637 g/mol. The summed E-state index contributed by atoms with van der Waals surface area (Å²) in [5, 5.41) is 0. The van der Waals surface area contributed by atoms with Crippen LogP contribution in [0.1, 0.15) is 85.9 Å². The number of hydrogen-bond donors (Lipinski definition) is 0. The lowest BCUT2D eigenvalue weighted by Crippen LogP contribution is -2.41. The zero-order chi connectivity index (χ0) is 32.4. The van der Waals surface area contributed by atoms with Gasteiger partial charge in [-0.2, -0.15) is 0 Å². The SMILES string of the molecule is CCCCOc1ccc(C(=O)C(CCCCC(CN2CCOCC2)C(=O)c2ccc(OCCCC)cc2)CN2CCOCC2)cc1. The summed E-state index contributed by atoms with van der Waals surface area (Å²) in [5.41, 5.74) is 1.48. The zero-order valence-corrected chi connectivity index (χ0v) is 28.3. The van der Waals surface area contributed by atoms with Crippen LogP contribution >= 0.6 is 0 Å². The van der Waals surface area contributed by atoms with Crippen molar-refractivity contribution in [3.63, 3.8) is 0 Å². The minimum atomic E-state index is -0.0985. The smallest absolute Gasteiger partial charge is 0.167 e. The van der Waals surface area contributed by atoms with E-state index in [1.807, 2.05) is 48.5 Å². The Morgan fingerprint density at radius 3 is 1.33 bits per heavy atom. The molecule has 0 aliphatic carbocycles. The Morgan fingerprint density at radius 2 is 0.978 bits per heavy atom. The van der Waals surface area contributed by atoms with E-state index >= 15 is 0 Å². The number of nitrogens with zero attached hydrogens (tertiary/aromatic N) is 2. The molecule has 2 unspecified atom stereocenters. The van der Waals surface area contributed by atoms with Gasteiger partial charge in [-0.3, -0.25) is 19.4 Å². The molecule has 2 fully saturated rings. The fourth-order valence-corrected chi connectivity index (χ4v) is 6.15. The Balaban J connectivity index is 1.37. The monoisotopic (exact) mass is 636 g/mol. The van der Waals surface area contributed by atoms with E-state index in [2.05, 4.69) is 23.6 Å². The van der Waals surface area contributed by atoms with Crippen molar-refractivity contribution >= 4 is 11.6 Å². The molecule has 0 amide bonds. The maximum Gasteiger partial charge on any atom is 0.167 e. The zero-order valence-electron chi connectivity index (χ0n) is 28.3. The van der Waals surface area contributed by atoms with E-state index in [1.165, 1.54) is 0 Å². The van der Waals surface area contributed by atoms with E-state index in [1.54, 1.807) is 0 Å². The maximum absolute atomic E-state index is 13.8. The van der Waals surface area contributed by atoms with Crippen molar-refractivity contribution in [2.75, 3.05) is 78.9 Å². The van der Waals surface area contributed by atoms with Crippen LogP contribution in [0.15, 0.2) is 48.5 Å². The molecule has 0 bridgehead atoms. The molecule has 0 spiro atoms. The number of carbonyl (C=O) groups excluding carboxylic acids is 2. The molecule has 0 aromatic heterocycles. The molecule has 2 aromatic rings. The number of benzene rings is 2. The highest BCUT2D eigenvalue weighted by Gasteiger charge is 2.26. The molecular formula is C38H56N2O6. The molecule has 8 nitrogen and oxygen atoms in total. The molecule has 254 valence electrons. The molecule has 8 heteroatoms. The molecule has 2 atom stereocenters. The first-order valence-corrected chi connectivity index (χ1v) is 17.7. The molecule has 0 saturated carbocycles. The van der Waals surface area contributed by atoms with Crippen LogP contribution in [0.4, 0.5) is 0 Å². The normalized spacial score (nSPS) is 17.3. The maximum atomic E-state index is 13.8. The fourth-order valence-electron chi connectivity index (χ4n) is 6.15. The number of unbranched alkanes of at least 4 members (excludes halogenated alkanes) is 3. The van der Waals surface area contributed by atoms with Crippen LogP contribution in [0.3, 0.4) is 0 Å². The van der Waals surface area contributed by atoms with Crippen molar-refractivity contribution in [2.45, 2.75) is 65.2 Å². The standard InChI is InChI=1S/C38H56N2O6/c1-3-5-23-45-35-15-11-31(12-16-35)37(41)33(29-39-19-25-43-26-20-39)9-7-8-10-34(30-40-21-27-44-28-22-40)38(42)32-13-17-36(18-14-32)46-24-6-4-2/h11-18,33-34H,3-10,19-30H2,1-2H3. The molecule has 0 N–H and O–H groups in total. The van der Waals surface area contributed by atoms with Crippen molar-refractivity contribution in [3.05, 3.63) is 59.7 Å². The minimum absolute atomic E-state index is 0.0985. The van der Waals surface area contributed by atoms with E-state index in [4.69, 9.17) is 18.9 Å². The van der Waals surface area contributed by atoms with Crippen LogP contribution in [-0.4, -0.2) is 100 Å². The second-order valence-electron chi connectivity index (χ2n) is 12.7. The Kier molecular flexibility index (Phi) is 16.0. The number of ether oxygens (including phenoxy) is 4. The molecule has 2 aliphatic rings. The molecule has 2 aromatic carbocycles. The lowest BCUT2D eigenvalue weighted by atomic mass is 9.88. The first-order valence-electron chi connectivity index (χ1n) is 17.7. The summed E-state index contributed by atoms with van der Waals surface area (Å²) in [7, 11) is 0. The number of carbonyl (C=O) groups is 2. The van der Waals surface area contributed by atoms with Gasteiger partial charge in [-0.15, -0.1) is 0 Å².